The second kappa shape index (κ2) is 9.66. The maximum atomic E-state index is 14.2. The van der Waals surface area contributed by atoms with E-state index in [0.29, 0.717) is 16.8 Å². The van der Waals surface area contributed by atoms with Crippen LogP contribution in [-0.2, 0) is 15.8 Å². The number of hydrogen-bond acceptors (Lipinski definition) is 4. The molecule has 1 aliphatic rings. The molecule has 1 unspecified atom stereocenters. The number of phenolic OH excluding ortho intramolecular Hbond substituents is 1. The summed E-state index contributed by atoms with van der Waals surface area (Å²) in [5.41, 5.74) is 0.888. The van der Waals surface area contributed by atoms with Crippen LogP contribution < -0.4 is 9.80 Å². The highest BCUT2D eigenvalue weighted by Crippen LogP contribution is 2.45. The number of carbonyl (C=O) groups excluding carboxylic acids is 2. The molecule has 1 aromatic heterocycles. The molecule has 0 spiro atoms. The van der Waals surface area contributed by atoms with Crippen LogP contribution in [0.3, 0.4) is 0 Å². The van der Waals surface area contributed by atoms with Crippen LogP contribution in [0.1, 0.15) is 24.0 Å². The lowest BCUT2D eigenvalue weighted by molar-refractivity contribution is -0.137. The minimum atomic E-state index is -4.66. The van der Waals surface area contributed by atoms with Gasteiger partial charge in [-0.15, -0.1) is 0 Å². The first kappa shape index (κ1) is 25.0. The van der Waals surface area contributed by atoms with Gasteiger partial charge in [0.25, 0.3) is 0 Å². The first-order valence-corrected chi connectivity index (χ1v) is 11.8. The Labute approximate surface area is 216 Å². The number of aromatic hydroxyl groups is 1. The normalized spacial score (nSPS) is 15.8. The summed E-state index contributed by atoms with van der Waals surface area (Å²) in [4.78, 5) is 34.7. The van der Waals surface area contributed by atoms with Gasteiger partial charge in [0.05, 0.1) is 16.9 Å². The van der Waals surface area contributed by atoms with Crippen molar-refractivity contribution in [3.05, 3.63) is 102 Å². The molecule has 192 valence electrons. The fourth-order valence-electron chi connectivity index (χ4n) is 4.69. The van der Waals surface area contributed by atoms with Crippen LogP contribution >= 0.6 is 0 Å². The maximum Gasteiger partial charge on any atom is 0.416 e. The van der Waals surface area contributed by atoms with E-state index in [1.807, 2.05) is 0 Å². The molecule has 3 aromatic carbocycles. The molecule has 6 nitrogen and oxygen atoms in total. The summed E-state index contributed by atoms with van der Waals surface area (Å²) in [6, 6.07) is 19.1. The number of phenols is 1. The number of benzene rings is 3. The summed E-state index contributed by atoms with van der Waals surface area (Å²) >= 11 is 0. The second-order valence-electron chi connectivity index (χ2n) is 8.78. The van der Waals surface area contributed by atoms with Crippen molar-refractivity contribution in [1.29, 1.82) is 0 Å². The minimum absolute atomic E-state index is 0.0543. The smallest absolute Gasteiger partial charge is 0.416 e. The quantitative estimate of drug-likeness (QED) is 0.323. The molecule has 1 atom stereocenters. The lowest BCUT2D eigenvalue weighted by atomic mass is 9.92. The summed E-state index contributed by atoms with van der Waals surface area (Å²) in [5, 5.41) is 10.5. The molecule has 0 saturated carbocycles. The Morgan fingerprint density at radius 2 is 1.63 bits per heavy atom. The van der Waals surface area contributed by atoms with Gasteiger partial charge in [0.2, 0.25) is 11.8 Å². The van der Waals surface area contributed by atoms with Crippen LogP contribution in [0.4, 0.5) is 30.2 Å². The molecule has 4 aromatic rings. The number of alkyl halides is 3. The van der Waals surface area contributed by atoms with Crippen molar-refractivity contribution in [3.8, 4) is 16.9 Å². The molecule has 2 heterocycles. The van der Waals surface area contributed by atoms with E-state index in [1.165, 1.54) is 23.1 Å². The van der Waals surface area contributed by atoms with Gasteiger partial charge in [0.15, 0.2) is 0 Å². The summed E-state index contributed by atoms with van der Waals surface area (Å²) in [6.07, 6.45) is -1.48. The number of fused-ring (bicyclic) bond motifs is 1. The molecule has 1 aliphatic heterocycles. The molecular weight excluding hydrogens is 495 g/mol. The van der Waals surface area contributed by atoms with Crippen molar-refractivity contribution in [2.75, 3.05) is 16.3 Å². The average Bonchev–Trinajstić information content (AvgIpc) is 2.99. The fraction of sp³-hybridized carbons (Fsp3) is 0.138. The number of rotatable bonds is 4. The molecule has 0 radical (unpaired) electrons. The van der Waals surface area contributed by atoms with E-state index in [-0.39, 0.29) is 29.2 Å². The number of likely N-dealkylation sites (N-methyl/N-ethyl adjacent to an activating group) is 1. The van der Waals surface area contributed by atoms with Crippen molar-refractivity contribution in [2.24, 2.45) is 0 Å². The number of pyridine rings is 1. The Hall–Kier alpha value is -4.66. The Bertz CT molecular complexity index is 1510. The van der Waals surface area contributed by atoms with Crippen LogP contribution in [0.15, 0.2) is 91.3 Å². The van der Waals surface area contributed by atoms with Crippen molar-refractivity contribution >= 4 is 28.9 Å². The van der Waals surface area contributed by atoms with Crippen molar-refractivity contribution in [2.45, 2.75) is 19.0 Å². The van der Waals surface area contributed by atoms with E-state index in [1.54, 1.807) is 67.8 Å². The third-order valence-electron chi connectivity index (χ3n) is 6.41. The number of hydrogen-bond donors (Lipinski definition) is 1. The largest absolute Gasteiger partial charge is 0.508 e. The van der Waals surface area contributed by atoms with Crippen LogP contribution in [0.2, 0.25) is 0 Å². The lowest BCUT2D eigenvalue weighted by Gasteiger charge is -2.26. The predicted molar refractivity (Wildman–Crippen MR) is 137 cm³/mol. The molecule has 0 bridgehead atoms. The van der Waals surface area contributed by atoms with E-state index < -0.39 is 29.5 Å². The van der Waals surface area contributed by atoms with Gasteiger partial charge in [-0.2, -0.15) is 13.2 Å². The van der Waals surface area contributed by atoms with Gasteiger partial charge >= 0.3 is 6.18 Å². The molecule has 2 amide bonds. The molecule has 0 aliphatic carbocycles. The Balaban J connectivity index is 1.75. The molecule has 9 heteroatoms. The fourth-order valence-corrected chi connectivity index (χ4v) is 4.69. The van der Waals surface area contributed by atoms with Crippen molar-refractivity contribution in [1.82, 2.24) is 4.98 Å². The predicted octanol–water partition coefficient (Wildman–Crippen LogP) is 6.29. The molecule has 38 heavy (non-hydrogen) atoms. The number of halogens is 3. The zero-order valence-corrected chi connectivity index (χ0v) is 20.2. The van der Waals surface area contributed by atoms with E-state index in [4.69, 9.17) is 0 Å². The summed E-state index contributed by atoms with van der Waals surface area (Å²) in [7, 11) is 0. The zero-order valence-electron chi connectivity index (χ0n) is 20.2. The van der Waals surface area contributed by atoms with Crippen LogP contribution in [0.5, 0.6) is 5.75 Å². The van der Waals surface area contributed by atoms with Crippen LogP contribution in [0.25, 0.3) is 11.1 Å². The number of para-hydroxylation sites is 1. The minimum Gasteiger partial charge on any atom is -0.508 e. The third kappa shape index (κ3) is 4.47. The molecule has 0 fully saturated rings. The second-order valence-corrected chi connectivity index (χ2v) is 8.78. The van der Waals surface area contributed by atoms with Gasteiger partial charge in [-0.3, -0.25) is 19.5 Å². The standard InChI is InChI=1S/C29H22F3N3O3/c1-2-34-24-11-10-21(29(30,31)32)16-25(24)35(22-8-4-3-5-9-22)28(38)26(27(34)37)20-13-19(14-23(36)15-20)18-7-6-12-33-17-18/h3-17,26,36H,2H2,1H3. The Kier molecular flexibility index (Phi) is 6.36. The number of nitrogens with zero attached hydrogens (tertiary/aromatic N) is 3. The van der Waals surface area contributed by atoms with Crippen LogP contribution in [0, 0.1) is 0 Å². The van der Waals surface area contributed by atoms with E-state index in [2.05, 4.69) is 4.98 Å². The summed E-state index contributed by atoms with van der Waals surface area (Å²) in [5.74, 6) is -2.95. The number of anilines is 3. The molecular formula is C29H22F3N3O3. The van der Waals surface area contributed by atoms with Crippen molar-refractivity contribution < 1.29 is 27.9 Å². The van der Waals surface area contributed by atoms with E-state index in [0.717, 1.165) is 17.0 Å². The van der Waals surface area contributed by atoms with Crippen molar-refractivity contribution in [3.63, 3.8) is 0 Å². The van der Waals surface area contributed by atoms with Gasteiger partial charge in [0.1, 0.15) is 11.7 Å². The first-order chi connectivity index (χ1) is 18.2. The Morgan fingerprint density at radius 3 is 2.29 bits per heavy atom. The number of carbonyl (C=O) groups is 2. The summed E-state index contributed by atoms with van der Waals surface area (Å²) in [6.45, 7) is 1.79. The molecule has 0 saturated heterocycles. The highest BCUT2D eigenvalue weighted by Gasteiger charge is 2.43. The van der Waals surface area contributed by atoms with Crippen LogP contribution in [-0.4, -0.2) is 28.4 Å². The molecule has 1 N–H and O–H groups in total. The number of aromatic nitrogens is 1. The van der Waals surface area contributed by atoms with Gasteiger partial charge < -0.3 is 10.0 Å². The van der Waals surface area contributed by atoms with Gasteiger partial charge in [-0.05, 0) is 72.6 Å². The first-order valence-electron chi connectivity index (χ1n) is 11.8. The highest BCUT2D eigenvalue weighted by atomic mass is 19.4. The average molecular weight is 518 g/mol. The Morgan fingerprint density at radius 1 is 0.868 bits per heavy atom. The number of amides is 2. The summed E-state index contributed by atoms with van der Waals surface area (Å²) < 4.78 is 41.2. The monoisotopic (exact) mass is 517 g/mol. The molecule has 5 rings (SSSR count). The maximum absolute atomic E-state index is 14.2. The van der Waals surface area contributed by atoms with E-state index in [9.17, 15) is 27.9 Å². The third-order valence-corrected chi connectivity index (χ3v) is 6.41. The topological polar surface area (TPSA) is 73.7 Å². The zero-order chi connectivity index (χ0) is 27.0. The lowest BCUT2D eigenvalue weighted by Crippen LogP contribution is -2.39. The van der Waals surface area contributed by atoms with Gasteiger partial charge in [-0.25, -0.2) is 0 Å². The highest BCUT2D eigenvalue weighted by molar-refractivity contribution is 6.23. The SMILES string of the molecule is CCN1C(=O)C(c2cc(O)cc(-c3cccnc3)c2)C(=O)N(c2ccccc2)c2cc(C(F)(F)F)ccc21. The van der Waals surface area contributed by atoms with Gasteiger partial charge in [-0.1, -0.05) is 24.3 Å². The van der Waals surface area contributed by atoms with Gasteiger partial charge in [0, 0.05) is 30.2 Å². The van der Waals surface area contributed by atoms with E-state index >= 15 is 0 Å².